The van der Waals surface area contributed by atoms with Gasteiger partial charge in [-0.15, -0.1) is 24.0 Å². The highest BCUT2D eigenvalue weighted by Crippen LogP contribution is 2.25. The van der Waals surface area contributed by atoms with E-state index < -0.39 is 10.0 Å². The molecule has 1 aliphatic carbocycles. The topological polar surface area (TPSA) is 91.8 Å². The number of nitrogens with zero attached hydrogens (tertiary/aromatic N) is 1. The van der Waals surface area contributed by atoms with Gasteiger partial charge in [-0.1, -0.05) is 18.6 Å². The highest BCUT2D eigenvalue weighted by atomic mass is 127. The second-order valence-electron chi connectivity index (χ2n) is 7.13. The molecule has 166 valence electrons. The van der Waals surface area contributed by atoms with E-state index in [1.54, 1.807) is 0 Å². The summed E-state index contributed by atoms with van der Waals surface area (Å²) in [7, 11) is -3.26. The standard InChI is InChI=1S/C20H34N4O3S.HI/c1-4-21-20(22-11-12-28(25,26)24-14-17-7-6-8-17)23-15-18-10-9-16(3)13-19(18)27-5-2;/h9-10,13,17,24H,4-8,11-12,14-15H2,1-3H3,(H2,21,22,23);1H. The van der Waals surface area contributed by atoms with Gasteiger partial charge in [-0.25, -0.2) is 18.1 Å². The normalized spacial score (nSPS) is 14.7. The summed E-state index contributed by atoms with van der Waals surface area (Å²) in [5, 5.41) is 6.26. The maximum atomic E-state index is 12.1. The number of hydrogen-bond donors (Lipinski definition) is 3. The predicted molar refractivity (Wildman–Crippen MR) is 130 cm³/mol. The Morgan fingerprint density at radius 3 is 2.62 bits per heavy atom. The van der Waals surface area contributed by atoms with Gasteiger partial charge >= 0.3 is 0 Å². The van der Waals surface area contributed by atoms with E-state index in [1.807, 2.05) is 39.0 Å². The Hall–Kier alpha value is -1.07. The monoisotopic (exact) mass is 538 g/mol. The number of nitrogens with one attached hydrogen (secondary N) is 3. The SMILES string of the molecule is CCNC(=NCc1ccc(C)cc1OCC)NCCS(=O)(=O)NCC1CCC1.I. The third-order valence-corrected chi connectivity index (χ3v) is 6.10. The number of hydrogen-bond acceptors (Lipinski definition) is 4. The molecule has 2 rings (SSSR count). The average Bonchev–Trinajstić information content (AvgIpc) is 2.59. The molecule has 1 aliphatic rings. The number of aliphatic imine (C=N–C) groups is 1. The molecule has 0 unspecified atom stereocenters. The van der Waals surface area contributed by atoms with Gasteiger partial charge in [-0.3, -0.25) is 0 Å². The third-order valence-electron chi connectivity index (χ3n) is 4.75. The van der Waals surface area contributed by atoms with Crippen LogP contribution in [0.25, 0.3) is 0 Å². The molecule has 0 heterocycles. The Kier molecular flexibility index (Phi) is 11.9. The van der Waals surface area contributed by atoms with Crippen LogP contribution in [0.2, 0.25) is 0 Å². The van der Waals surface area contributed by atoms with Gasteiger partial charge in [0, 0.05) is 25.2 Å². The summed E-state index contributed by atoms with van der Waals surface area (Å²) >= 11 is 0. The van der Waals surface area contributed by atoms with E-state index in [9.17, 15) is 8.42 Å². The molecule has 0 aromatic heterocycles. The average molecular weight is 538 g/mol. The molecule has 0 amide bonds. The molecule has 0 aliphatic heterocycles. The summed E-state index contributed by atoms with van der Waals surface area (Å²) < 4.78 is 32.6. The molecule has 1 saturated carbocycles. The first kappa shape index (κ1) is 26.0. The number of halogens is 1. The number of aryl methyl sites for hydroxylation is 1. The maximum absolute atomic E-state index is 12.1. The van der Waals surface area contributed by atoms with Crippen molar-refractivity contribution in [2.75, 3.05) is 32.0 Å². The lowest BCUT2D eigenvalue weighted by Gasteiger charge is -2.25. The number of guanidine groups is 1. The Morgan fingerprint density at radius 2 is 2.00 bits per heavy atom. The van der Waals surface area contributed by atoms with Crippen LogP contribution in [0, 0.1) is 12.8 Å². The molecule has 1 aromatic carbocycles. The van der Waals surface area contributed by atoms with Gasteiger partial charge in [0.1, 0.15) is 5.75 Å². The van der Waals surface area contributed by atoms with Crippen LogP contribution in [-0.4, -0.2) is 46.4 Å². The van der Waals surface area contributed by atoms with E-state index in [2.05, 4.69) is 20.3 Å². The molecule has 29 heavy (non-hydrogen) atoms. The molecule has 3 N–H and O–H groups in total. The van der Waals surface area contributed by atoms with Crippen molar-refractivity contribution in [1.29, 1.82) is 0 Å². The minimum absolute atomic E-state index is 0. The summed E-state index contributed by atoms with van der Waals surface area (Å²) in [6.45, 7) is 8.58. The zero-order chi connectivity index (χ0) is 20.4. The first-order valence-electron chi connectivity index (χ1n) is 10.1. The van der Waals surface area contributed by atoms with Crippen molar-refractivity contribution in [3.63, 3.8) is 0 Å². The smallest absolute Gasteiger partial charge is 0.213 e. The van der Waals surface area contributed by atoms with Crippen LogP contribution in [0.15, 0.2) is 23.2 Å². The Balaban J connectivity index is 0.00000420. The Bertz CT molecular complexity index is 752. The molecule has 1 fully saturated rings. The fraction of sp³-hybridized carbons (Fsp3) is 0.650. The summed E-state index contributed by atoms with van der Waals surface area (Å²) in [6, 6.07) is 6.06. The Morgan fingerprint density at radius 1 is 1.24 bits per heavy atom. The lowest BCUT2D eigenvalue weighted by molar-refractivity contribution is 0.316. The largest absolute Gasteiger partial charge is 0.494 e. The Labute approximate surface area is 192 Å². The van der Waals surface area contributed by atoms with Crippen LogP contribution in [0.3, 0.4) is 0 Å². The zero-order valence-corrected chi connectivity index (χ0v) is 20.8. The van der Waals surface area contributed by atoms with Crippen LogP contribution >= 0.6 is 24.0 Å². The molecule has 7 nitrogen and oxygen atoms in total. The molecule has 9 heteroatoms. The molecular formula is C20H35IN4O3S. The van der Waals surface area contributed by atoms with Gasteiger partial charge in [0.05, 0.1) is 18.9 Å². The van der Waals surface area contributed by atoms with Gasteiger partial charge in [0.2, 0.25) is 10.0 Å². The van der Waals surface area contributed by atoms with Crippen molar-refractivity contribution in [2.45, 2.75) is 46.6 Å². The van der Waals surface area contributed by atoms with Crippen molar-refractivity contribution < 1.29 is 13.2 Å². The number of benzene rings is 1. The van der Waals surface area contributed by atoms with Gasteiger partial charge in [0.15, 0.2) is 5.96 Å². The molecule has 0 saturated heterocycles. The van der Waals surface area contributed by atoms with Crippen LogP contribution in [0.1, 0.15) is 44.2 Å². The quantitative estimate of drug-likeness (QED) is 0.229. The zero-order valence-electron chi connectivity index (χ0n) is 17.7. The highest BCUT2D eigenvalue weighted by Gasteiger charge is 2.20. The van der Waals surface area contributed by atoms with Crippen molar-refractivity contribution in [2.24, 2.45) is 10.9 Å². The number of sulfonamides is 1. The van der Waals surface area contributed by atoms with Gasteiger partial charge in [-0.05, 0) is 51.2 Å². The summed E-state index contributed by atoms with van der Waals surface area (Å²) in [5.74, 6) is 1.97. The molecular weight excluding hydrogens is 503 g/mol. The molecule has 0 spiro atoms. The van der Waals surface area contributed by atoms with Crippen LogP contribution in [0.4, 0.5) is 0 Å². The summed E-state index contributed by atoms with van der Waals surface area (Å²) in [6.07, 6.45) is 3.46. The number of ether oxygens (including phenoxy) is 1. The third kappa shape index (κ3) is 9.52. The van der Waals surface area contributed by atoms with Gasteiger partial charge in [-0.2, -0.15) is 0 Å². The first-order valence-corrected chi connectivity index (χ1v) is 11.8. The lowest BCUT2D eigenvalue weighted by Crippen LogP contribution is -2.42. The van der Waals surface area contributed by atoms with Crippen LogP contribution in [-0.2, 0) is 16.6 Å². The second-order valence-corrected chi connectivity index (χ2v) is 9.06. The van der Waals surface area contributed by atoms with Crippen molar-refractivity contribution in [1.82, 2.24) is 15.4 Å². The highest BCUT2D eigenvalue weighted by molar-refractivity contribution is 14.0. The van der Waals surface area contributed by atoms with Crippen molar-refractivity contribution in [3.05, 3.63) is 29.3 Å². The molecule has 0 radical (unpaired) electrons. The van der Waals surface area contributed by atoms with E-state index >= 15 is 0 Å². The van der Waals surface area contributed by atoms with E-state index in [0.717, 1.165) is 29.7 Å². The fourth-order valence-electron chi connectivity index (χ4n) is 2.91. The van der Waals surface area contributed by atoms with Gasteiger partial charge < -0.3 is 15.4 Å². The van der Waals surface area contributed by atoms with E-state index in [4.69, 9.17) is 4.74 Å². The van der Waals surface area contributed by atoms with Crippen molar-refractivity contribution in [3.8, 4) is 5.75 Å². The van der Waals surface area contributed by atoms with E-state index in [-0.39, 0.29) is 29.7 Å². The predicted octanol–water partition coefficient (Wildman–Crippen LogP) is 2.79. The molecule has 0 atom stereocenters. The second kappa shape index (κ2) is 13.3. The maximum Gasteiger partial charge on any atom is 0.213 e. The molecule has 0 bridgehead atoms. The minimum atomic E-state index is -3.26. The summed E-state index contributed by atoms with van der Waals surface area (Å²) in [5.41, 5.74) is 2.14. The first-order chi connectivity index (χ1) is 13.4. The summed E-state index contributed by atoms with van der Waals surface area (Å²) in [4.78, 5) is 4.57. The number of rotatable bonds is 11. The van der Waals surface area contributed by atoms with Crippen molar-refractivity contribution >= 4 is 40.0 Å². The van der Waals surface area contributed by atoms with E-state index in [0.29, 0.717) is 44.7 Å². The molecule has 1 aromatic rings. The lowest BCUT2D eigenvalue weighted by atomic mass is 9.86. The van der Waals surface area contributed by atoms with Gasteiger partial charge in [0.25, 0.3) is 0 Å². The minimum Gasteiger partial charge on any atom is -0.494 e. The van der Waals surface area contributed by atoms with Crippen LogP contribution in [0.5, 0.6) is 5.75 Å². The van der Waals surface area contributed by atoms with Crippen LogP contribution < -0.4 is 20.1 Å². The fourth-order valence-corrected chi connectivity index (χ4v) is 3.91. The van der Waals surface area contributed by atoms with E-state index in [1.165, 1.54) is 6.42 Å².